The summed E-state index contributed by atoms with van der Waals surface area (Å²) in [5, 5.41) is 14.3. The van der Waals surface area contributed by atoms with Gasteiger partial charge in [-0.1, -0.05) is 17.7 Å². The molecule has 16 heavy (non-hydrogen) atoms. The molecule has 0 amide bonds. The van der Waals surface area contributed by atoms with Crippen LogP contribution in [0.5, 0.6) is 0 Å². The molecule has 1 N–H and O–H groups in total. The number of hydrogen-bond acceptors (Lipinski definition) is 4. The number of aromatic nitrogens is 4. The van der Waals surface area contributed by atoms with E-state index in [9.17, 15) is 5.11 Å². The highest BCUT2D eigenvalue weighted by atomic mass is 35.5. The van der Waals surface area contributed by atoms with Crippen molar-refractivity contribution in [3.63, 3.8) is 0 Å². The minimum Gasteiger partial charge on any atom is -0.388 e. The van der Waals surface area contributed by atoms with E-state index in [1.165, 1.54) is 6.33 Å². The van der Waals surface area contributed by atoms with E-state index in [-0.39, 0.29) is 0 Å². The van der Waals surface area contributed by atoms with E-state index in [0.717, 1.165) is 5.82 Å². The van der Waals surface area contributed by atoms with Gasteiger partial charge in [-0.05, 0) is 11.6 Å². The van der Waals surface area contributed by atoms with Crippen molar-refractivity contribution < 1.29 is 5.11 Å². The van der Waals surface area contributed by atoms with Crippen molar-refractivity contribution in [3.8, 4) is 0 Å². The highest BCUT2D eigenvalue weighted by Crippen LogP contribution is 2.17. The third-order valence-electron chi connectivity index (χ3n) is 2.32. The molecule has 5 nitrogen and oxygen atoms in total. The first kappa shape index (κ1) is 11.0. The number of rotatable bonds is 3. The van der Waals surface area contributed by atoms with Crippen LogP contribution in [0.15, 0.2) is 24.7 Å². The highest BCUT2D eigenvalue weighted by Gasteiger charge is 2.12. The van der Waals surface area contributed by atoms with E-state index in [2.05, 4.69) is 15.1 Å². The number of nitrogens with zero attached hydrogens (tertiary/aromatic N) is 4. The Hall–Kier alpha value is -1.46. The van der Waals surface area contributed by atoms with Crippen LogP contribution in [-0.4, -0.2) is 24.9 Å². The summed E-state index contributed by atoms with van der Waals surface area (Å²) >= 11 is 5.67. The Bertz CT molecular complexity index is 468. The SMILES string of the molecule is Cn1ncnc1CC(O)c1ccc(Cl)nc1. The van der Waals surface area contributed by atoms with Crippen LogP contribution in [-0.2, 0) is 13.5 Å². The molecule has 1 atom stereocenters. The molecule has 1 unspecified atom stereocenters. The molecule has 2 aromatic rings. The van der Waals surface area contributed by atoms with Gasteiger partial charge in [0, 0.05) is 19.7 Å². The molecule has 6 heteroatoms. The van der Waals surface area contributed by atoms with Crippen LogP contribution >= 0.6 is 11.6 Å². The zero-order chi connectivity index (χ0) is 11.5. The van der Waals surface area contributed by atoms with Crippen LogP contribution in [0, 0.1) is 0 Å². The maximum atomic E-state index is 9.94. The largest absolute Gasteiger partial charge is 0.388 e. The van der Waals surface area contributed by atoms with Crippen molar-refractivity contribution in [3.05, 3.63) is 41.2 Å². The summed E-state index contributed by atoms with van der Waals surface area (Å²) in [5.41, 5.74) is 0.715. The fourth-order valence-electron chi connectivity index (χ4n) is 1.38. The Morgan fingerprint density at radius 1 is 1.44 bits per heavy atom. The van der Waals surface area contributed by atoms with Gasteiger partial charge in [0.25, 0.3) is 0 Å². The predicted molar refractivity (Wildman–Crippen MR) is 58.9 cm³/mol. The van der Waals surface area contributed by atoms with Crippen molar-refractivity contribution >= 4 is 11.6 Å². The summed E-state index contributed by atoms with van der Waals surface area (Å²) in [5.74, 6) is 0.724. The van der Waals surface area contributed by atoms with Crippen LogP contribution in [0.1, 0.15) is 17.5 Å². The Balaban J connectivity index is 2.11. The molecule has 2 aromatic heterocycles. The first-order chi connectivity index (χ1) is 7.66. The first-order valence-corrected chi connectivity index (χ1v) is 5.17. The topological polar surface area (TPSA) is 63.8 Å². The summed E-state index contributed by atoms with van der Waals surface area (Å²) < 4.78 is 1.63. The van der Waals surface area contributed by atoms with Gasteiger partial charge in [0.2, 0.25) is 0 Å². The van der Waals surface area contributed by atoms with Gasteiger partial charge in [-0.25, -0.2) is 9.97 Å². The Kier molecular flexibility index (Phi) is 3.17. The minimum atomic E-state index is -0.646. The molecule has 2 rings (SSSR count). The second kappa shape index (κ2) is 4.59. The van der Waals surface area contributed by atoms with Gasteiger partial charge in [-0.15, -0.1) is 0 Å². The average Bonchev–Trinajstić information content (AvgIpc) is 2.65. The zero-order valence-corrected chi connectivity index (χ0v) is 9.46. The standard InChI is InChI=1S/C10H11ClN4O/c1-15-10(13-6-14-15)4-8(16)7-2-3-9(11)12-5-7/h2-3,5-6,8,16H,4H2,1H3. The van der Waals surface area contributed by atoms with E-state index in [0.29, 0.717) is 17.1 Å². The molecule has 0 saturated heterocycles. The van der Waals surface area contributed by atoms with E-state index in [1.54, 1.807) is 30.1 Å². The molecule has 0 aliphatic rings. The number of pyridine rings is 1. The van der Waals surface area contributed by atoms with Gasteiger partial charge in [-0.2, -0.15) is 5.10 Å². The molecule has 0 aliphatic heterocycles. The molecule has 2 heterocycles. The Labute approximate surface area is 97.7 Å². The number of aliphatic hydroxyl groups is 1. The van der Waals surface area contributed by atoms with Gasteiger partial charge in [-0.3, -0.25) is 4.68 Å². The molecule has 0 saturated carbocycles. The lowest BCUT2D eigenvalue weighted by Gasteiger charge is -2.09. The Morgan fingerprint density at radius 3 is 2.81 bits per heavy atom. The lowest BCUT2D eigenvalue weighted by Crippen LogP contribution is -2.07. The normalized spacial score (nSPS) is 12.7. The van der Waals surface area contributed by atoms with Crippen molar-refractivity contribution in [1.29, 1.82) is 0 Å². The molecule has 0 spiro atoms. The molecule has 0 fully saturated rings. The molecule has 84 valence electrons. The summed E-state index contributed by atoms with van der Waals surface area (Å²) in [6.45, 7) is 0. The monoisotopic (exact) mass is 238 g/mol. The minimum absolute atomic E-state index is 0.403. The quantitative estimate of drug-likeness (QED) is 0.815. The first-order valence-electron chi connectivity index (χ1n) is 4.79. The number of halogens is 1. The van der Waals surface area contributed by atoms with E-state index < -0.39 is 6.10 Å². The average molecular weight is 239 g/mol. The second-order valence-corrected chi connectivity index (χ2v) is 3.82. The zero-order valence-electron chi connectivity index (χ0n) is 8.71. The third-order valence-corrected chi connectivity index (χ3v) is 2.54. The molecule has 0 aliphatic carbocycles. The van der Waals surface area contributed by atoms with Gasteiger partial charge < -0.3 is 5.11 Å². The molecule has 0 aromatic carbocycles. The van der Waals surface area contributed by atoms with E-state index in [4.69, 9.17) is 11.6 Å². The van der Waals surface area contributed by atoms with Gasteiger partial charge in [0.05, 0.1) is 6.10 Å². The lowest BCUT2D eigenvalue weighted by atomic mass is 10.1. The van der Waals surface area contributed by atoms with Gasteiger partial charge >= 0.3 is 0 Å². The van der Waals surface area contributed by atoms with Crippen LogP contribution in [0.3, 0.4) is 0 Å². The molecule has 0 bridgehead atoms. The van der Waals surface area contributed by atoms with Crippen molar-refractivity contribution in [2.45, 2.75) is 12.5 Å². The van der Waals surface area contributed by atoms with Crippen LogP contribution in [0.2, 0.25) is 5.15 Å². The summed E-state index contributed by atoms with van der Waals surface area (Å²) in [4.78, 5) is 7.96. The molecule has 0 radical (unpaired) electrons. The van der Waals surface area contributed by atoms with Crippen molar-refractivity contribution in [2.75, 3.05) is 0 Å². The van der Waals surface area contributed by atoms with Crippen LogP contribution < -0.4 is 0 Å². The molecular formula is C10H11ClN4O. The number of aryl methyl sites for hydroxylation is 1. The van der Waals surface area contributed by atoms with Crippen molar-refractivity contribution in [2.24, 2.45) is 7.05 Å². The summed E-state index contributed by atoms with van der Waals surface area (Å²) in [6, 6.07) is 3.40. The fraction of sp³-hybridized carbons (Fsp3) is 0.300. The summed E-state index contributed by atoms with van der Waals surface area (Å²) in [6.07, 6.45) is 2.78. The summed E-state index contributed by atoms with van der Waals surface area (Å²) in [7, 11) is 1.79. The lowest BCUT2D eigenvalue weighted by molar-refractivity contribution is 0.174. The van der Waals surface area contributed by atoms with Gasteiger partial charge in [0.15, 0.2) is 0 Å². The predicted octanol–water partition coefficient (Wildman–Crippen LogP) is 1.14. The van der Waals surface area contributed by atoms with Gasteiger partial charge in [0.1, 0.15) is 17.3 Å². The van der Waals surface area contributed by atoms with E-state index in [1.807, 2.05) is 0 Å². The van der Waals surface area contributed by atoms with Crippen LogP contribution in [0.25, 0.3) is 0 Å². The van der Waals surface area contributed by atoms with Crippen molar-refractivity contribution in [1.82, 2.24) is 19.7 Å². The van der Waals surface area contributed by atoms with E-state index >= 15 is 0 Å². The number of hydrogen-bond donors (Lipinski definition) is 1. The second-order valence-electron chi connectivity index (χ2n) is 3.43. The smallest absolute Gasteiger partial charge is 0.138 e. The van der Waals surface area contributed by atoms with Crippen LogP contribution in [0.4, 0.5) is 0 Å². The fourth-order valence-corrected chi connectivity index (χ4v) is 1.49. The molecular weight excluding hydrogens is 228 g/mol. The Morgan fingerprint density at radius 2 is 2.25 bits per heavy atom. The maximum Gasteiger partial charge on any atom is 0.138 e. The highest BCUT2D eigenvalue weighted by molar-refractivity contribution is 6.29. The maximum absolute atomic E-state index is 9.94. The third kappa shape index (κ3) is 2.37. The number of aliphatic hydroxyl groups excluding tert-OH is 1.